The monoisotopic (exact) mass is 359 g/mol. The molecule has 23 heavy (non-hydrogen) atoms. The zero-order valence-electron chi connectivity index (χ0n) is 13.0. The van der Waals surface area contributed by atoms with Crippen LogP contribution in [0.3, 0.4) is 0 Å². The molecule has 6 nitrogen and oxygen atoms in total. The first-order valence-electron chi connectivity index (χ1n) is 7.59. The molecule has 1 aromatic rings. The van der Waals surface area contributed by atoms with Crippen LogP contribution in [0.2, 0.25) is 0 Å². The summed E-state index contributed by atoms with van der Waals surface area (Å²) in [6, 6.07) is 4.97. The fraction of sp³-hybridized carbons (Fsp3) is 0.533. The molecule has 128 valence electrons. The van der Waals surface area contributed by atoms with Crippen molar-refractivity contribution in [3.05, 3.63) is 23.8 Å². The lowest BCUT2D eigenvalue weighted by atomic mass is 10.2. The van der Waals surface area contributed by atoms with Crippen LogP contribution in [0.4, 0.5) is 5.69 Å². The Morgan fingerprint density at radius 3 is 2.74 bits per heavy atom. The molecular formula is C15H22ClN3O3S. The molecule has 2 aliphatic rings. The Labute approximate surface area is 143 Å². The Morgan fingerprint density at radius 1 is 1.35 bits per heavy atom. The SMILES string of the molecule is CNS(=O)(=O)c1ccc2c(c1)N(C(=O)CNCC1CC1)CC2.Cl. The van der Waals surface area contributed by atoms with E-state index in [2.05, 4.69) is 10.0 Å². The van der Waals surface area contributed by atoms with Crippen molar-refractivity contribution in [2.24, 2.45) is 5.92 Å². The van der Waals surface area contributed by atoms with Crippen molar-refractivity contribution in [3.8, 4) is 0 Å². The lowest BCUT2D eigenvalue weighted by molar-refractivity contribution is -0.117. The van der Waals surface area contributed by atoms with E-state index >= 15 is 0 Å². The third-order valence-electron chi connectivity index (χ3n) is 4.24. The number of nitrogens with one attached hydrogen (secondary N) is 2. The standard InChI is InChI=1S/C15H21N3O3S.ClH/c1-16-22(20,21)13-5-4-12-6-7-18(14(12)8-13)15(19)10-17-9-11-2-3-11;/h4-5,8,11,16-17H,2-3,6-7,9-10H2,1H3;1H. The first kappa shape index (κ1) is 18.2. The molecule has 1 fully saturated rings. The van der Waals surface area contributed by atoms with Gasteiger partial charge in [-0.2, -0.15) is 0 Å². The highest BCUT2D eigenvalue weighted by atomic mass is 35.5. The molecule has 8 heteroatoms. The van der Waals surface area contributed by atoms with Crippen LogP contribution in [-0.2, 0) is 21.2 Å². The molecule has 0 aromatic heterocycles. The van der Waals surface area contributed by atoms with E-state index in [0.29, 0.717) is 13.1 Å². The predicted molar refractivity (Wildman–Crippen MR) is 91.6 cm³/mol. The number of sulfonamides is 1. The maximum absolute atomic E-state index is 12.3. The summed E-state index contributed by atoms with van der Waals surface area (Å²) in [5.74, 6) is 0.726. The lowest BCUT2D eigenvalue weighted by Gasteiger charge is -2.18. The summed E-state index contributed by atoms with van der Waals surface area (Å²) in [7, 11) is -2.11. The average Bonchev–Trinajstić information content (AvgIpc) is 3.23. The summed E-state index contributed by atoms with van der Waals surface area (Å²) in [6.45, 7) is 1.81. The zero-order chi connectivity index (χ0) is 15.7. The van der Waals surface area contributed by atoms with Crippen LogP contribution in [0.5, 0.6) is 0 Å². The number of hydrogen-bond donors (Lipinski definition) is 2. The van der Waals surface area contributed by atoms with Crippen molar-refractivity contribution in [1.82, 2.24) is 10.0 Å². The minimum absolute atomic E-state index is 0. The Kier molecular flexibility index (Phi) is 5.67. The molecule has 0 spiro atoms. The number of carbonyl (C=O) groups excluding carboxylic acids is 1. The fourth-order valence-electron chi connectivity index (χ4n) is 2.70. The second kappa shape index (κ2) is 7.17. The number of hydrogen-bond acceptors (Lipinski definition) is 4. The maximum Gasteiger partial charge on any atom is 0.240 e. The highest BCUT2D eigenvalue weighted by Gasteiger charge is 2.27. The van der Waals surface area contributed by atoms with Gasteiger partial charge in [-0.1, -0.05) is 6.07 Å². The number of carbonyl (C=O) groups is 1. The van der Waals surface area contributed by atoms with Gasteiger partial charge >= 0.3 is 0 Å². The maximum atomic E-state index is 12.3. The second-order valence-corrected chi connectivity index (χ2v) is 7.75. The van der Waals surface area contributed by atoms with Crippen LogP contribution >= 0.6 is 12.4 Å². The third kappa shape index (κ3) is 4.03. The quantitative estimate of drug-likeness (QED) is 0.791. The van der Waals surface area contributed by atoms with Crippen molar-refractivity contribution < 1.29 is 13.2 Å². The number of benzene rings is 1. The van der Waals surface area contributed by atoms with Crippen LogP contribution < -0.4 is 14.9 Å². The Bertz CT molecular complexity index is 689. The molecule has 1 heterocycles. The van der Waals surface area contributed by atoms with Gasteiger partial charge in [-0.25, -0.2) is 13.1 Å². The molecule has 1 aromatic carbocycles. The van der Waals surface area contributed by atoms with Gasteiger partial charge in [0.15, 0.2) is 0 Å². The van der Waals surface area contributed by atoms with Crippen molar-refractivity contribution in [2.75, 3.05) is 31.6 Å². The summed E-state index contributed by atoms with van der Waals surface area (Å²) in [5.41, 5.74) is 1.74. The van der Waals surface area contributed by atoms with E-state index in [1.165, 1.54) is 19.9 Å². The highest BCUT2D eigenvalue weighted by Crippen LogP contribution is 2.30. The summed E-state index contributed by atoms with van der Waals surface area (Å²) in [4.78, 5) is 14.2. The molecule has 1 amide bonds. The molecule has 3 rings (SSSR count). The first-order valence-corrected chi connectivity index (χ1v) is 9.07. The van der Waals surface area contributed by atoms with Gasteiger partial charge < -0.3 is 10.2 Å². The number of amides is 1. The predicted octanol–water partition coefficient (Wildman–Crippen LogP) is 0.905. The molecule has 1 aliphatic carbocycles. The summed E-state index contributed by atoms with van der Waals surface area (Å²) >= 11 is 0. The second-order valence-electron chi connectivity index (χ2n) is 5.87. The van der Waals surface area contributed by atoms with Gasteiger partial charge in [-0.3, -0.25) is 4.79 Å². The normalized spacial score (nSPS) is 16.8. The van der Waals surface area contributed by atoms with Gasteiger partial charge in [-0.15, -0.1) is 12.4 Å². The van der Waals surface area contributed by atoms with E-state index in [1.54, 1.807) is 23.1 Å². The van der Waals surface area contributed by atoms with E-state index in [9.17, 15) is 13.2 Å². The molecule has 2 N–H and O–H groups in total. The molecule has 0 radical (unpaired) electrons. The number of rotatable bonds is 6. The largest absolute Gasteiger partial charge is 0.311 e. The summed E-state index contributed by atoms with van der Waals surface area (Å²) in [5, 5.41) is 3.19. The molecule has 1 saturated carbocycles. The Balaban J connectivity index is 0.00000192. The Hall–Kier alpha value is -1.15. The van der Waals surface area contributed by atoms with Crippen molar-refractivity contribution in [2.45, 2.75) is 24.2 Å². The molecule has 0 atom stereocenters. The summed E-state index contributed by atoms with van der Waals surface area (Å²) < 4.78 is 26.1. The fourth-order valence-corrected chi connectivity index (χ4v) is 3.45. The van der Waals surface area contributed by atoms with E-state index in [4.69, 9.17) is 0 Å². The van der Waals surface area contributed by atoms with Gasteiger partial charge in [0.1, 0.15) is 0 Å². The molecule has 0 saturated heterocycles. The smallest absolute Gasteiger partial charge is 0.240 e. The molecule has 0 unspecified atom stereocenters. The number of fused-ring (bicyclic) bond motifs is 1. The summed E-state index contributed by atoms with van der Waals surface area (Å²) in [6.07, 6.45) is 3.27. The van der Waals surface area contributed by atoms with E-state index in [1.807, 2.05) is 0 Å². The van der Waals surface area contributed by atoms with E-state index < -0.39 is 10.0 Å². The topological polar surface area (TPSA) is 78.5 Å². The van der Waals surface area contributed by atoms with Crippen molar-refractivity contribution >= 4 is 34.0 Å². The van der Waals surface area contributed by atoms with Crippen LogP contribution in [0.25, 0.3) is 0 Å². The van der Waals surface area contributed by atoms with Gasteiger partial charge in [0, 0.05) is 12.2 Å². The Morgan fingerprint density at radius 2 is 2.09 bits per heavy atom. The van der Waals surface area contributed by atoms with Gasteiger partial charge in [-0.05, 0) is 56.5 Å². The minimum atomic E-state index is -3.49. The van der Waals surface area contributed by atoms with Crippen molar-refractivity contribution in [3.63, 3.8) is 0 Å². The first-order chi connectivity index (χ1) is 10.5. The van der Waals surface area contributed by atoms with Crippen LogP contribution in [-0.4, -0.2) is 41.0 Å². The third-order valence-corrected chi connectivity index (χ3v) is 5.65. The van der Waals surface area contributed by atoms with E-state index in [0.717, 1.165) is 30.1 Å². The zero-order valence-corrected chi connectivity index (χ0v) is 14.7. The lowest BCUT2D eigenvalue weighted by Crippen LogP contribution is -2.37. The van der Waals surface area contributed by atoms with Gasteiger partial charge in [0.05, 0.1) is 11.4 Å². The molecular weight excluding hydrogens is 338 g/mol. The number of halogens is 1. The highest BCUT2D eigenvalue weighted by molar-refractivity contribution is 7.89. The number of nitrogens with zero attached hydrogens (tertiary/aromatic N) is 1. The van der Waals surface area contributed by atoms with Crippen LogP contribution in [0.15, 0.2) is 23.1 Å². The van der Waals surface area contributed by atoms with Crippen LogP contribution in [0, 0.1) is 5.92 Å². The average molecular weight is 360 g/mol. The molecule has 0 bridgehead atoms. The van der Waals surface area contributed by atoms with Crippen molar-refractivity contribution in [1.29, 1.82) is 0 Å². The minimum Gasteiger partial charge on any atom is -0.311 e. The number of anilines is 1. The van der Waals surface area contributed by atoms with Crippen LogP contribution in [0.1, 0.15) is 18.4 Å². The van der Waals surface area contributed by atoms with Gasteiger partial charge in [0.25, 0.3) is 0 Å². The van der Waals surface area contributed by atoms with E-state index in [-0.39, 0.29) is 23.2 Å². The van der Waals surface area contributed by atoms with Gasteiger partial charge in [0.2, 0.25) is 15.9 Å². The molecule has 1 aliphatic heterocycles.